The summed E-state index contributed by atoms with van der Waals surface area (Å²) in [4.78, 5) is 34.0. The first-order valence-corrected chi connectivity index (χ1v) is 11.2. The van der Waals surface area contributed by atoms with Crippen molar-refractivity contribution in [3.8, 4) is 0 Å². The van der Waals surface area contributed by atoms with Gasteiger partial charge in [0.15, 0.2) is 11.5 Å². The van der Waals surface area contributed by atoms with E-state index in [0.29, 0.717) is 35.9 Å². The van der Waals surface area contributed by atoms with Gasteiger partial charge in [-0.1, -0.05) is 30.3 Å². The van der Waals surface area contributed by atoms with Crippen LogP contribution >= 0.6 is 0 Å². The second kappa shape index (κ2) is 7.21. The summed E-state index contributed by atoms with van der Waals surface area (Å²) in [6.45, 7) is 1.74. The van der Waals surface area contributed by atoms with Crippen LogP contribution in [0.2, 0.25) is 0 Å². The van der Waals surface area contributed by atoms with Crippen LogP contribution in [0, 0.1) is 11.8 Å². The highest BCUT2D eigenvalue weighted by molar-refractivity contribution is 5.84. The van der Waals surface area contributed by atoms with Crippen LogP contribution < -0.4 is 10.6 Å². The van der Waals surface area contributed by atoms with Crippen LogP contribution in [0.5, 0.6) is 0 Å². The highest BCUT2D eigenvalue weighted by Gasteiger charge is 2.49. The third-order valence-electron chi connectivity index (χ3n) is 7.37. The molecule has 0 radical (unpaired) electrons. The highest BCUT2D eigenvalue weighted by Crippen LogP contribution is 2.43. The van der Waals surface area contributed by atoms with Crippen molar-refractivity contribution in [3.63, 3.8) is 0 Å². The number of hydrogen-bond donors (Lipinski definition) is 2. The van der Waals surface area contributed by atoms with E-state index in [9.17, 15) is 4.79 Å². The molecule has 0 aliphatic carbocycles. The average Bonchev–Trinajstić information content (AvgIpc) is 3.25. The number of anilines is 2. The standard InChI is InChI=1S/C23H27N7O/c24-23-27-21-20(25-13-26-21)22(28-23)29-11-15-10-16(12-29)18(9-14-5-2-1-3-6-14)30-17(15)7-4-8-19(30)31/h1-3,5-6,13,15-18H,4,7-12H2,(H3,24,25,26,27,28)/t15-,16+,17+,18+/m1/s1. The van der Waals surface area contributed by atoms with E-state index in [0.717, 1.165) is 50.1 Å². The zero-order valence-electron chi connectivity index (χ0n) is 17.4. The van der Waals surface area contributed by atoms with Crippen molar-refractivity contribution in [3.05, 3.63) is 42.2 Å². The molecule has 3 saturated heterocycles. The second-order valence-electron chi connectivity index (χ2n) is 9.19. The minimum atomic E-state index is 0.218. The lowest BCUT2D eigenvalue weighted by Gasteiger charge is -2.57. The maximum absolute atomic E-state index is 13.1. The Balaban J connectivity index is 1.38. The number of piperidine rings is 3. The zero-order chi connectivity index (χ0) is 20.9. The molecule has 2 aromatic heterocycles. The van der Waals surface area contributed by atoms with Crippen LogP contribution in [0.15, 0.2) is 36.7 Å². The second-order valence-corrected chi connectivity index (χ2v) is 9.19. The number of imidazole rings is 1. The summed E-state index contributed by atoms with van der Waals surface area (Å²) >= 11 is 0. The topological polar surface area (TPSA) is 104 Å². The van der Waals surface area contributed by atoms with Crippen molar-refractivity contribution < 1.29 is 4.79 Å². The SMILES string of the molecule is Nc1nc(N2C[C@H]3C[C@@H](C2)[C@H](Cc2ccccc2)N2C(=O)CCC[C@@H]32)c2[nH]cnc2n1. The summed E-state index contributed by atoms with van der Waals surface area (Å²) in [7, 11) is 0. The number of nitrogens with one attached hydrogen (secondary N) is 1. The number of rotatable bonds is 3. The van der Waals surface area contributed by atoms with Gasteiger partial charge in [-0.05, 0) is 43.1 Å². The first kappa shape index (κ1) is 18.6. The predicted octanol–water partition coefficient (Wildman–Crippen LogP) is 2.38. The minimum Gasteiger partial charge on any atom is -0.368 e. The molecule has 0 spiro atoms. The smallest absolute Gasteiger partial charge is 0.224 e. The van der Waals surface area contributed by atoms with E-state index < -0.39 is 0 Å². The van der Waals surface area contributed by atoms with Crippen LogP contribution in [-0.2, 0) is 11.2 Å². The molecule has 8 heteroatoms. The van der Waals surface area contributed by atoms with E-state index >= 15 is 0 Å². The number of nitrogen functional groups attached to an aromatic ring is 1. The Hall–Kier alpha value is -3.16. The fraction of sp³-hybridized carbons (Fsp3) is 0.478. The lowest BCUT2D eigenvalue weighted by atomic mass is 9.70. The number of benzene rings is 1. The van der Waals surface area contributed by atoms with Crippen LogP contribution in [0.3, 0.4) is 0 Å². The molecule has 8 nitrogen and oxygen atoms in total. The van der Waals surface area contributed by atoms with Crippen molar-refractivity contribution in [2.45, 2.75) is 44.2 Å². The number of H-pyrrole nitrogens is 1. The maximum atomic E-state index is 13.1. The van der Waals surface area contributed by atoms with Crippen LogP contribution in [0.4, 0.5) is 11.8 Å². The van der Waals surface area contributed by atoms with Crippen molar-refractivity contribution in [2.24, 2.45) is 11.8 Å². The summed E-state index contributed by atoms with van der Waals surface area (Å²) in [5.41, 5.74) is 8.74. The Kier molecular flexibility index (Phi) is 4.33. The van der Waals surface area contributed by atoms with Gasteiger partial charge in [0.25, 0.3) is 0 Å². The summed E-state index contributed by atoms with van der Waals surface area (Å²) < 4.78 is 0. The predicted molar refractivity (Wildman–Crippen MR) is 118 cm³/mol. The third kappa shape index (κ3) is 3.12. The van der Waals surface area contributed by atoms with E-state index in [1.54, 1.807) is 6.33 Å². The highest BCUT2D eigenvalue weighted by atomic mass is 16.2. The molecule has 6 rings (SSSR count). The molecule has 3 N–H and O–H groups in total. The lowest BCUT2D eigenvalue weighted by Crippen LogP contribution is -2.65. The fourth-order valence-electron chi connectivity index (χ4n) is 6.13. The van der Waals surface area contributed by atoms with Crippen LogP contribution in [0.1, 0.15) is 31.2 Å². The van der Waals surface area contributed by atoms with E-state index in [1.165, 1.54) is 5.56 Å². The molecule has 3 aliphatic rings. The normalized spacial score (nSPS) is 28.1. The third-order valence-corrected chi connectivity index (χ3v) is 7.37. The van der Waals surface area contributed by atoms with E-state index in [1.807, 2.05) is 6.07 Å². The molecule has 3 aliphatic heterocycles. The molecule has 3 fully saturated rings. The molecule has 2 bridgehead atoms. The Morgan fingerprint density at radius 3 is 2.84 bits per heavy atom. The molecular formula is C23H27N7O. The van der Waals surface area contributed by atoms with Gasteiger partial charge in [-0.2, -0.15) is 9.97 Å². The van der Waals surface area contributed by atoms with Crippen molar-refractivity contribution in [1.82, 2.24) is 24.8 Å². The summed E-state index contributed by atoms with van der Waals surface area (Å²) in [5.74, 6) is 2.27. The first-order valence-electron chi connectivity index (χ1n) is 11.2. The van der Waals surface area contributed by atoms with E-state index in [-0.39, 0.29) is 12.0 Å². The van der Waals surface area contributed by atoms with Crippen LogP contribution in [-0.4, -0.2) is 55.9 Å². The van der Waals surface area contributed by atoms with E-state index in [2.05, 4.69) is 54.0 Å². The maximum Gasteiger partial charge on any atom is 0.224 e. The van der Waals surface area contributed by atoms with Gasteiger partial charge in [-0.15, -0.1) is 0 Å². The summed E-state index contributed by atoms with van der Waals surface area (Å²) in [6, 6.07) is 11.1. The van der Waals surface area contributed by atoms with Gasteiger partial charge in [0.1, 0.15) is 5.52 Å². The molecule has 3 aromatic rings. The van der Waals surface area contributed by atoms with Gasteiger partial charge in [-0.3, -0.25) is 4.79 Å². The first-order chi connectivity index (χ1) is 15.2. The number of hydrogen-bond acceptors (Lipinski definition) is 6. The number of aromatic nitrogens is 4. The van der Waals surface area contributed by atoms with Gasteiger partial charge in [0.05, 0.1) is 6.33 Å². The van der Waals surface area contributed by atoms with Gasteiger partial charge < -0.3 is 20.5 Å². The molecular weight excluding hydrogens is 390 g/mol. The fourth-order valence-corrected chi connectivity index (χ4v) is 6.13. The summed E-state index contributed by atoms with van der Waals surface area (Å²) in [5, 5.41) is 0. The van der Waals surface area contributed by atoms with Crippen molar-refractivity contribution in [2.75, 3.05) is 23.7 Å². The molecule has 5 heterocycles. The number of fused-ring (bicyclic) bond motifs is 5. The number of nitrogens with two attached hydrogens (primary N) is 1. The molecule has 160 valence electrons. The molecule has 1 aromatic carbocycles. The quantitative estimate of drug-likeness (QED) is 0.678. The largest absolute Gasteiger partial charge is 0.368 e. The van der Waals surface area contributed by atoms with Crippen LogP contribution in [0.25, 0.3) is 11.2 Å². The van der Waals surface area contributed by atoms with E-state index in [4.69, 9.17) is 5.73 Å². The molecule has 0 saturated carbocycles. The Morgan fingerprint density at radius 1 is 1.13 bits per heavy atom. The Bertz CT molecular complexity index is 1110. The van der Waals surface area contributed by atoms with Crippen molar-refractivity contribution in [1.29, 1.82) is 0 Å². The molecule has 0 unspecified atom stereocenters. The minimum absolute atomic E-state index is 0.218. The lowest BCUT2D eigenvalue weighted by molar-refractivity contribution is -0.148. The molecule has 1 amide bonds. The van der Waals surface area contributed by atoms with Gasteiger partial charge in [0, 0.05) is 31.6 Å². The van der Waals surface area contributed by atoms with Gasteiger partial charge >= 0.3 is 0 Å². The Labute approximate surface area is 180 Å². The number of carbonyl (C=O) groups is 1. The number of aromatic amines is 1. The average molecular weight is 418 g/mol. The number of amides is 1. The zero-order valence-corrected chi connectivity index (χ0v) is 17.4. The van der Waals surface area contributed by atoms with Crippen molar-refractivity contribution >= 4 is 28.8 Å². The molecule has 4 atom stereocenters. The Morgan fingerprint density at radius 2 is 1.97 bits per heavy atom. The van der Waals surface area contributed by atoms with Gasteiger partial charge in [0.2, 0.25) is 11.9 Å². The number of carbonyl (C=O) groups excluding carboxylic acids is 1. The summed E-state index contributed by atoms with van der Waals surface area (Å²) in [6.07, 6.45) is 6.47. The molecule has 31 heavy (non-hydrogen) atoms. The van der Waals surface area contributed by atoms with Gasteiger partial charge in [-0.25, -0.2) is 4.98 Å². The monoisotopic (exact) mass is 417 g/mol. The number of nitrogens with zero attached hydrogens (tertiary/aromatic N) is 5.